The fraction of sp³-hybridized carbons (Fsp3) is 0.455. The summed E-state index contributed by atoms with van der Waals surface area (Å²) < 4.78 is 0. The second-order valence-corrected chi connectivity index (χ2v) is 3.89. The second-order valence-electron chi connectivity index (χ2n) is 3.89. The van der Waals surface area contributed by atoms with Gasteiger partial charge in [0.25, 0.3) is 0 Å². The van der Waals surface area contributed by atoms with Crippen LogP contribution in [-0.2, 0) is 12.8 Å². The third-order valence-corrected chi connectivity index (χ3v) is 2.80. The smallest absolute Gasteiger partial charge is 0.0352 e. The predicted octanol–water partition coefficient (Wildman–Crippen LogP) is 1.78. The minimum Gasteiger partial charge on any atom is -0.398 e. The molecule has 0 fully saturated rings. The van der Waals surface area contributed by atoms with Crippen molar-refractivity contribution in [2.24, 2.45) is 5.73 Å². The Bertz CT molecular complexity index is 329. The Balaban J connectivity index is 2.49. The van der Waals surface area contributed by atoms with E-state index >= 15 is 0 Å². The fourth-order valence-electron chi connectivity index (χ4n) is 2.03. The Morgan fingerprint density at radius 2 is 2.08 bits per heavy atom. The van der Waals surface area contributed by atoms with Crippen molar-refractivity contribution in [3.63, 3.8) is 0 Å². The minimum absolute atomic E-state index is 0.0909. The molecule has 0 aromatic heterocycles. The first-order valence-corrected chi connectivity index (χ1v) is 4.85. The van der Waals surface area contributed by atoms with Crippen LogP contribution in [0.25, 0.3) is 0 Å². The molecule has 0 spiro atoms. The molecule has 0 heterocycles. The Labute approximate surface area is 78.9 Å². The van der Waals surface area contributed by atoms with Crippen molar-refractivity contribution in [2.45, 2.75) is 32.2 Å². The highest BCUT2D eigenvalue weighted by atomic mass is 14.6. The van der Waals surface area contributed by atoms with Gasteiger partial charge in [0.05, 0.1) is 0 Å². The average molecular weight is 176 g/mol. The molecule has 1 aliphatic carbocycles. The molecule has 2 nitrogen and oxygen atoms in total. The van der Waals surface area contributed by atoms with E-state index in [4.69, 9.17) is 11.5 Å². The van der Waals surface area contributed by atoms with Crippen molar-refractivity contribution < 1.29 is 0 Å². The lowest BCUT2D eigenvalue weighted by atomic mass is 10.0. The predicted molar refractivity (Wildman–Crippen MR) is 55.5 cm³/mol. The molecule has 0 saturated heterocycles. The van der Waals surface area contributed by atoms with Crippen LogP contribution in [0.1, 0.15) is 36.1 Å². The van der Waals surface area contributed by atoms with Crippen LogP contribution < -0.4 is 11.5 Å². The minimum atomic E-state index is 0.0909. The molecule has 2 heteroatoms. The zero-order valence-electron chi connectivity index (χ0n) is 8.01. The lowest BCUT2D eigenvalue weighted by Crippen LogP contribution is -2.07. The van der Waals surface area contributed by atoms with Crippen molar-refractivity contribution in [1.29, 1.82) is 0 Å². The number of rotatable bonds is 1. The van der Waals surface area contributed by atoms with Crippen molar-refractivity contribution in [2.75, 3.05) is 5.73 Å². The monoisotopic (exact) mass is 176 g/mol. The van der Waals surface area contributed by atoms with Gasteiger partial charge in [-0.05, 0) is 48.9 Å². The summed E-state index contributed by atoms with van der Waals surface area (Å²) in [6.45, 7) is 2.00. The van der Waals surface area contributed by atoms with Gasteiger partial charge in [0.1, 0.15) is 0 Å². The summed E-state index contributed by atoms with van der Waals surface area (Å²) in [5, 5.41) is 0. The van der Waals surface area contributed by atoms with Crippen molar-refractivity contribution in [3.8, 4) is 0 Å². The maximum atomic E-state index is 5.95. The van der Waals surface area contributed by atoms with E-state index in [0.717, 1.165) is 17.7 Å². The lowest BCUT2D eigenvalue weighted by molar-refractivity contribution is 0.816. The molecule has 70 valence electrons. The molecule has 1 aromatic carbocycles. The highest BCUT2D eigenvalue weighted by Crippen LogP contribution is 2.30. The Kier molecular flexibility index (Phi) is 2.00. The van der Waals surface area contributed by atoms with E-state index in [1.807, 2.05) is 13.0 Å². The maximum absolute atomic E-state index is 5.95. The van der Waals surface area contributed by atoms with Gasteiger partial charge in [0.2, 0.25) is 0 Å². The highest BCUT2D eigenvalue weighted by Gasteiger charge is 2.15. The number of hydrogen-bond donors (Lipinski definition) is 2. The average Bonchev–Trinajstić information content (AvgIpc) is 2.51. The van der Waals surface area contributed by atoms with Gasteiger partial charge in [-0.15, -0.1) is 0 Å². The van der Waals surface area contributed by atoms with Gasteiger partial charge in [0.15, 0.2) is 0 Å². The zero-order valence-corrected chi connectivity index (χ0v) is 8.01. The largest absolute Gasteiger partial charge is 0.398 e. The van der Waals surface area contributed by atoms with Crippen LogP contribution in [0.3, 0.4) is 0 Å². The van der Waals surface area contributed by atoms with Gasteiger partial charge < -0.3 is 11.5 Å². The molecule has 1 atom stereocenters. The van der Waals surface area contributed by atoms with Gasteiger partial charge in [0, 0.05) is 11.7 Å². The third-order valence-electron chi connectivity index (χ3n) is 2.80. The number of anilines is 1. The molecule has 0 saturated carbocycles. The molecule has 0 amide bonds. The number of benzene rings is 1. The van der Waals surface area contributed by atoms with Crippen LogP contribution in [0, 0.1) is 0 Å². The quantitative estimate of drug-likeness (QED) is 0.641. The summed E-state index contributed by atoms with van der Waals surface area (Å²) in [5.41, 5.74) is 16.6. The van der Waals surface area contributed by atoms with E-state index in [-0.39, 0.29) is 6.04 Å². The van der Waals surface area contributed by atoms with Crippen LogP contribution in [0.4, 0.5) is 5.69 Å². The Morgan fingerprint density at radius 3 is 2.77 bits per heavy atom. The molecular formula is C11H16N2. The van der Waals surface area contributed by atoms with Crippen LogP contribution in [0.15, 0.2) is 12.1 Å². The Morgan fingerprint density at radius 1 is 1.31 bits per heavy atom. The number of fused-ring (bicyclic) bond motifs is 1. The molecule has 13 heavy (non-hydrogen) atoms. The van der Waals surface area contributed by atoms with Crippen molar-refractivity contribution >= 4 is 5.69 Å². The van der Waals surface area contributed by atoms with Crippen LogP contribution in [0.2, 0.25) is 0 Å². The SMILES string of the molecule is C[C@@H](N)c1cc(N)c2c(c1)CCC2. The molecule has 0 bridgehead atoms. The highest BCUT2D eigenvalue weighted by molar-refractivity contribution is 5.55. The van der Waals surface area contributed by atoms with E-state index in [0.29, 0.717) is 0 Å². The van der Waals surface area contributed by atoms with Crippen LogP contribution >= 0.6 is 0 Å². The lowest BCUT2D eigenvalue weighted by Gasteiger charge is -2.10. The summed E-state index contributed by atoms with van der Waals surface area (Å²) in [6.07, 6.45) is 3.54. The number of nitrogen functional groups attached to an aromatic ring is 1. The second kappa shape index (κ2) is 3.04. The van der Waals surface area contributed by atoms with Gasteiger partial charge in [-0.3, -0.25) is 0 Å². The summed E-state index contributed by atoms with van der Waals surface area (Å²) in [7, 11) is 0. The van der Waals surface area contributed by atoms with Crippen LogP contribution in [0.5, 0.6) is 0 Å². The van der Waals surface area contributed by atoms with Crippen molar-refractivity contribution in [1.82, 2.24) is 0 Å². The molecular weight excluding hydrogens is 160 g/mol. The van der Waals surface area contributed by atoms with Crippen molar-refractivity contribution in [3.05, 3.63) is 28.8 Å². The summed E-state index contributed by atoms with van der Waals surface area (Å²) in [4.78, 5) is 0. The van der Waals surface area contributed by atoms with Gasteiger partial charge in [-0.1, -0.05) is 6.07 Å². The molecule has 1 aromatic rings. The summed E-state index contributed by atoms with van der Waals surface area (Å²) in [5.74, 6) is 0. The van der Waals surface area contributed by atoms with E-state index in [1.165, 1.54) is 24.0 Å². The number of nitrogens with two attached hydrogens (primary N) is 2. The standard InChI is InChI=1S/C11H16N2/c1-7(12)9-5-8-3-2-4-10(8)11(13)6-9/h5-7H,2-4,12-13H2,1H3/t7-/m1/s1. The summed E-state index contributed by atoms with van der Waals surface area (Å²) >= 11 is 0. The molecule has 2 rings (SSSR count). The normalized spacial score (nSPS) is 17.1. The number of hydrogen-bond acceptors (Lipinski definition) is 2. The first kappa shape index (κ1) is 8.57. The van der Waals surface area contributed by atoms with E-state index in [9.17, 15) is 0 Å². The molecule has 0 radical (unpaired) electrons. The number of aryl methyl sites for hydroxylation is 1. The third kappa shape index (κ3) is 1.42. The summed E-state index contributed by atoms with van der Waals surface area (Å²) in [6, 6.07) is 4.33. The molecule has 0 unspecified atom stereocenters. The first-order chi connectivity index (χ1) is 6.18. The van der Waals surface area contributed by atoms with Gasteiger partial charge in [-0.25, -0.2) is 0 Å². The Hall–Kier alpha value is -1.02. The molecule has 0 aliphatic heterocycles. The van der Waals surface area contributed by atoms with E-state index < -0.39 is 0 Å². The molecule has 1 aliphatic rings. The van der Waals surface area contributed by atoms with E-state index in [1.54, 1.807) is 0 Å². The van der Waals surface area contributed by atoms with Gasteiger partial charge >= 0.3 is 0 Å². The van der Waals surface area contributed by atoms with Crippen LogP contribution in [-0.4, -0.2) is 0 Å². The topological polar surface area (TPSA) is 52.0 Å². The maximum Gasteiger partial charge on any atom is 0.0352 e. The zero-order chi connectivity index (χ0) is 9.42. The fourth-order valence-corrected chi connectivity index (χ4v) is 2.03. The van der Waals surface area contributed by atoms with E-state index in [2.05, 4.69) is 6.07 Å². The van der Waals surface area contributed by atoms with Gasteiger partial charge in [-0.2, -0.15) is 0 Å². The first-order valence-electron chi connectivity index (χ1n) is 4.85. The molecule has 4 N–H and O–H groups in total.